The summed E-state index contributed by atoms with van der Waals surface area (Å²) in [5.74, 6) is 1.07. The fourth-order valence-corrected chi connectivity index (χ4v) is 1.35. The predicted octanol–water partition coefficient (Wildman–Crippen LogP) is 0.575. The summed E-state index contributed by atoms with van der Waals surface area (Å²) in [4.78, 5) is 10.7. The molecule has 1 unspecified atom stereocenters. The molecule has 0 heterocycles. The second kappa shape index (κ2) is 2.97. The lowest BCUT2D eigenvalue weighted by Crippen LogP contribution is -2.16. The Morgan fingerprint density at radius 3 is 3.00 bits per heavy atom. The molecule has 0 bridgehead atoms. The van der Waals surface area contributed by atoms with Crippen LogP contribution in [-0.4, -0.2) is 19.4 Å². The van der Waals surface area contributed by atoms with Gasteiger partial charge in [0, 0.05) is 12.8 Å². The average Bonchev–Trinajstić information content (AvgIpc) is 2.17. The lowest BCUT2D eigenvalue weighted by Gasteiger charge is -2.03. The highest BCUT2D eigenvalue weighted by molar-refractivity contribution is 5.80. The van der Waals surface area contributed by atoms with Crippen molar-refractivity contribution in [2.75, 3.05) is 13.6 Å². The highest BCUT2D eigenvalue weighted by Crippen LogP contribution is 2.20. The van der Waals surface area contributed by atoms with Gasteiger partial charge in [0.25, 0.3) is 0 Å². The first-order valence-electron chi connectivity index (χ1n) is 3.49. The summed E-state index contributed by atoms with van der Waals surface area (Å²) in [5.41, 5.74) is 0. The van der Waals surface area contributed by atoms with Crippen molar-refractivity contribution >= 4 is 5.78 Å². The highest BCUT2D eigenvalue weighted by Gasteiger charge is 2.20. The number of carbonyl (C=O) groups excluding carboxylic acids is 1. The van der Waals surface area contributed by atoms with Crippen LogP contribution in [0.1, 0.15) is 19.3 Å². The third-order valence-electron chi connectivity index (χ3n) is 1.84. The van der Waals surface area contributed by atoms with Crippen molar-refractivity contribution in [3.8, 4) is 0 Å². The average molecular weight is 127 g/mol. The van der Waals surface area contributed by atoms with Crippen LogP contribution >= 0.6 is 0 Å². The molecule has 0 spiro atoms. The second-order valence-corrected chi connectivity index (χ2v) is 2.71. The molecule has 9 heavy (non-hydrogen) atoms. The Morgan fingerprint density at radius 1 is 1.78 bits per heavy atom. The molecule has 0 radical (unpaired) electrons. The van der Waals surface area contributed by atoms with Gasteiger partial charge in [-0.3, -0.25) is 4.79 Å². The summed E-state index contributed by atoms with van der Waals surface area (Å²) in [6.45, 7) is 1.01. The molecule has 1 rings (SSSR count). The van der Waals surface area contributed by atoms with E-state index in [-0.39, 0.29) is 0 Å². The minimum atomic E-state index is 0.440. The summed E-state index contributed by atoms with van der Waals surface area (Å²) >= 11 is 0. The summed E-state index contributed by atoms with van der Waals surface area (Å²) in [6.07, 6.45) is 2.72. The number of rotatable bonds is 2. The van der Waals surface area contributed by atoms with Crippen LogP contribution in [0, 0.1) is 5.92 Å². The number of carbonyl (C=O) groups is 1. The Labute approximate surface area is 55.6 Å². The SMILES string of the molecule is CNCC1CCC(=O)C1. The fourth-order valence-electron chi connectivity index (χ4n) is 1.35. The van der Waals surface area contributed by atoms with Crippen LogP contribution in [0.25, 0.3) is 0 Å². The van der Waals surface area contributed by atoms with Crippen molar-refractivity contribution in [2.24, 2.45) is 5.92 Å². The van der Waals surface area contributed by atoms with Crippen LogP contribution in [-0.2, 0) is 4.79 Å². The predicted molar refractivity (Wildman–Crippen MR) is 36.3 cm³/mol. The Kier molecular flexibility index (Phi) is 2.22. The molecule has 1 N–H and O–H groups in total. The van der Waals surface area contributed by atoms with Gasteiger partial charge in [0.05, 0.1) is 0 Å². The molecule has 0 aromatic rings. The molecule has 52 valence electrons. The van der Waals surface area contributed by atoms with Gasteiger partial charge in [-0.25, -0.2) is 0 Å². The molecule has 0 aromatic heterocycles. The summed E-state index contributed by atoms with van der Waals surface area (Å²) in [6, 6.07) is 0. The molecule has 0 aliphatic heterocycles. The molecule has 0 saturated heterocycles. The summed E-state index contributed by atoms with van der Waals surface area (Å²) < 4.78 is 0. The van der Waals surface area contributed by atoms with E-state index in [1.165, 1.54) is 0 Å². The van der Waals surface area contributed by atoms with E-state index in [1.54, 1.807) is 0 Å². The Hall–Kier alpha value is -0.370. The molecular formula is C7H13NO. The van der Waals surface area contributed by atoms with Gasteiger partial charge in [-0.2, -0.15) is 0 Å². The van der Waals surface area contributed by atoms with Crippen molar-refractivity contribution in [1.82, 2.24) is 5.32 Å². The molecular weight excluding hydrogens is 114 g/mol. The zero-order valence-corrected chi connectivity index (χ0v) is 5.81. The molecule has 2 nitrogen and oxygen atoms in total. The maximum absolute atomic E-state index is 10.7. The second-order valence-electron chi connectivity index (χ2n) is 2.71. The lowest BCUT2D eigenvalue weighted by molar-refractivity contribution is -0.117. The van der Waals surface area contributed by atoms with Crippen molar-refractivity contribution in [2.45, 2.75) is 19.3 Å². The van der Waals surface area contributed by atoms with E-state index in [2.05, 4.69) is 5.32 Å². The van der Waals surface area contributed by atoms with Gasteiger partial charge in [0.15, 0.2) is 0 Å². The number of Topliss-reactive ketones (excluding diaryl/α,β-unsaturated/α-hetero) is 1. The Morgan fingerprint density at radius 2 is 2.56 bits per heavy atom. The van der Waals surface area contributed by atoms with Gasteiger partial charge >= 0.3 is 0 Å². The third-order valence-corrected chi connectivity index (χ3v) is 1.84. The van der Waals surface area contributed by atoms with Crippen LogP contribution in [0.2, 0.25) is 0 Å². The van der Waals surface area contributed by atoms with Gasteiger partial charge < -0.3 is 5.32 Å². The smallest absolute Gasteiger partial charge is 0.133 e. The standard InChI is InChI=1S/C7H13NO/c1-8-5-6-2-3-7(9)4-6/h6,8H,2-5H2,1H3. The van der Waals surface area contributed by atoms with Crippen molar-refractivity contribution < 1.29 is 4.79 Å². The molecule has 0 amide bonds. The minimum absolute atomic E-state index is 0.440. The van der Waals surface area contributed by atoms with E-state index in [4.69, 9.17) is 0 Å². The van der Waals surface area contributed by atoms with Crippen LogP contribution < -0.4 is 5.32 Å². The summed E-state index contributed by atoms with van der Waals surface area (Å²) in [5, 5.41) is 3.08. The first-order chi connectivity index (χ1) is 4.33. The van der Waals surface area contributed by atoms with E-state index in [1.807, 2.05) is 7.05 Å². The normalized spacial score (nSPS) is 27.2. The number of hydrogen-bond donors (Lipinski definition) is 1. The molecule has 2 heteroatoms. The van der Waals surface area contributed by atoms with Crippen molar-refractivity contribution in [3.63, 3.8) is 0 Å². The van der Waals surface area contributed by atoms with E-state index >= 15 is 0 Å². The zero-order valence-electron chi connectivity index (χ0n) is 5.81. The first kappa shape index (κ1) is 6.75. The number of nitrogens with one attached hydrogen (secondary N) is 1. The van der Waals surface area contributed by atoms with Crippen LogP contribution in [0.15, 0.2) is 0 Å². The topological polar surface area (TPSA) is 29.1 Å². The fraction of sp³-hybridized carbons (Fsp3) is 0.857. The highest BCUT2D eigenvalue weighted by atomic mass is 16.1. The lowest BCUT2D eigenvalue weighted by atomic mass is 10.1. The molecule has 1 atom stereocenters. The molecule has 1 aliphatic rings. The largest absolute Gasteiger partial charge is 0.319 e. The van der Waals surface area contributed by atoms with Crippen molar-refractivity contribution in [3.05, 3.63) is 0 Å². The van der Waals surface area contributed by atoms with E-state index in [0.717, 1.165) is 25.8 Å². The number of ketones is 1. The van der Waals surface area contributed by atoms with E-state index in [9.17, 15) is 4.79 Å². The van der Waals surface area contributed by atoms with Gasteiger partial charge in [-0.05, 0) is 25.9 Å². The van der Waals surface area contributed by atoms with E-state index < -0.39 is 0 Å². The van der Waals surface area contributed by atoms with Gasteiger partial charge in [-0.1, -0.05) is 0 Å². The zero-order chi connectivity index (χ0) is 6.69. The monoisotopic (exact) mass is 127 g/mol. The first-order valence-corrected chi connectivity index (χ1v) is 3.49. The molecule has 1 saturated carbocycles. The maximum Gasteiger partial charge on any atom is 0.133 e. The Bertz CT molecular complexity index is 111. The maximum atomic E-state index is 10.7. The molecule has 0 aromatic carbocycles. The third kappa shape index (κ3) is 1.79. The summed E-state index contributed by atoms with van der Waals surface area (Å²) in [7, 11) is 1.93. The molecule has 1 aliphatic carbocycles. The van der Waals surface area contributed by atoms with Crippen LogP contribution in [0.3, 0.4) is 0 Å². The van der Waals surface area contributed by atoms with Crippen LogP contribution in [0.4, 0.5) is 0 Å². The Balaban J connectivity index is 2.22. The van der Waals surface area contributed by atoms with E-state index in [0.29, 0.717) is 11.7 Å². The molecule has 1 fully saturated rings. The van der Waals surface area contributed by atoms with Gasteiger partial charge in [-0.15, -0.1) is 0 Å². The van der Waals surface area contributed by atoms with Crippen molar-refractivity contribution in [1.29, 1.82) is 0 Å². The number of hydrogen-bond acceptors (Lipinski definition) is 2. The van der Waals surface area contributed by atoms with Gasteiger partial charge in [0.2, 0.25) is 0 Å². The minimum Gasteiger partial charge on any atom is -0.319 e. The quantitative estimate of drug-likeness (QED) is 0.587. The van der Waals surface area contributed by atoms with Gasteiger partial charge in [0.1, 0.15) is 5.78 Å². The van der Waals surface area contributed by atoms with Crippen LogP contribution in [0.5, 0.6) is 0 Å².